The monoisotopic (exact) mass is 688 g/mol. The minimum atomic E-state index is -0.152. The first kappa shape index (κ1) is 32.1. The molecule has 238 valence electrons. The average molecular weight is 690 g/mol. The first-order valence-electron chi connectivity index (χ1n) is 16.0. The van der Waals surface area contributed by atoms with E-state index in [1.54, 1.807) is 0 Å². The summed E-state index contributed by atoms with van der Waals surface area (Å²) < 4.78 is 13.2. The van der Waals surface area contributed by atoms with Gasteiger partial charge in [-0.3, -0.25) is 9.59 Å². The minimum absolute atomic E-state index is 0.0902. The van der Waals surface area contributed by atoms with Gasteiger partial charge in [0.1, 0.15) is 24.2 Å². The van der Waals surface area contributed by atoms with E-state index in [1.165, 1.54) is 5.56 Å². The third-order valence-electron chi connectivity index (χ3n) is 8.39. The lowest BCUT2D eigenvalue weighted by Crippen LogP contribution is -2.41. The van der Waals surface area contributed by atoms with Crippen LogP contribution in [0.5, 0.6) is 11.5 Å². The maximum atomic E-state index is 12.9. The fourth-order valence-electron chi connectivity index (χ4n) is 5.59. The quantitative estimate of drug-likeness (QED) is 0.159. The number of benzene rings is 5. The molecule has 6 nitrogen and oxygen atoms in total. The molecule has 0 radical (unpaired) electrons. The SMILES string of the molecule is CCc1ccc(C(=O)N2CCC(Oc3ccc(COc4ccc(-c5ccc(C(=O)Nc6cccc(Br)c6)cc5)cc4)cc3)CC2)cc1. The third-order valence-corrected chi connectivity index (χ3v) is 8.88. The van der Waals surface area contributed by atoms with Gasteiger partial charge in [-0.25, -0.2) is 0 Å². The number of nitrogens with one attached hydrogen (secondary N) is 1. The zero-order chi connectivity index (χ0) is 32.6. The van der Waals surface area contributed by atoms with Crippen molar-refractivity contribution in [1.29, 1.82) is 0 Å². The molecule has 1 N–H and O–H groups in total. The van der Waals surface area contributed by atoms with Gasteiger partial charge in [-0.05, 0) is 95.4 Å². The van der Waals surface area contributed by atoms with Crippen molar-refractivity contribution in [3.63, 3.8) is 0 Å². The van der Waals surface area contributed by atoms with E-state index in [1.807, 2.05) is 126 Å². The van der Waals surface area contributed by atoms with Crippen LogP contribution in [0.4, 0.5) is 5.69 Å². The Labute approximate surface area is 284 Å². The second-order valence-electron chi connectivity index (χ2n) is 11.7. The normalized spacial score (nSPS) is 13.2. The topological polar surface area (TPSA) is 67.9 Å². The molecule has 0 aliphatic carbocycles. The van der Waals surface area contributed by atoms with Crippen molar-refractivity contribution in [2.24, 2.45) is 0 Å². The molecule has 5 aromatic rings. The van der Waals surface area contributed by atoms with E-state index in [0.717, 1.165) is 63.2 Å². The maximum absolute atomic E-state index is 12.9. The van der Waals surface area contributed by atoms with Crippen molar-refractivity contribution in [3.8, 4) is 22.6 Å². The Morgan fingerprint density at radius 1 is 0.745 bits per heavy atom. The second-order valence-corrected chi connectivity index (χ2v) is 12.6. The molecule has 0 unspecified atom stereocenters. The highest BCUT2D eigenvalue weighted by Crippen LogP contribution is 2.25. The number of hydrogen-bond donors (Lipinski definition) is 1. The van der Waals surface area contributed by atoms with Crippen molar-refractivity contribution in [2.45, 2.75) is 38.9 Å². The maximum Gasteiger partial charge on any atom is 0.255 e. The van der Waals surface area contributed by atoms with Gasteiger partial charge in [0.05, 0.1) is 0 Å². The summed E-state index contributed by atoms with van der Waals surface area (Å²) in [7, 11) is 0. The number of piperidine rings is 1. The summed E-state index contributed by atoms with van der Waals surface area (Å²) in [5, 5.41) is 2.92. The number of ether oxygens (including phenoxy) is 2. The largest absolute Gasteiger partial charge is 0.490 e. The fourth-order valence-corrected chi connectivity index (χ4v) is 5.99. The Bertz CT molecular complexity index is 1800. The van der Waals surface area contributed by atoms with Crippen LogP contribution in [0.15, 0.2) is 126 Å². The van der Waals surface area contributed by atoms with Gasteiger partial charge in [0.25, 0.3) is 11.8 Å². The Hall–Kier alpha value is -4.88. The summed E-state index contributed by atoms with van der Waals surface area (Å²) in [5.41, 5.74) is 6.43. The molecule has 0 saturated carbocycles. The number of halogens is 1. The number of hydrogen-bond acceptors (Lipinski definition) is 4. The number of anilines is 1. The zero-order valence-electron chi connectivity index (χ0n) is 26.3. The molecule has 2 amide bonds. The summed E-state index contributed by atoms with van der Waals surface area (Å²) in [5.74, 6) is 1.55. The minimum Gasteiger partial charge on any atom is -0.490 e. The lowest BCUT2D eigenvalue weighted by Gasteiger charge is -2.32. The molecule has 47 heavy (non-hydrogen) atoms. The molecule has 1 saturated heterocycles. The molecule has 1 fully saturated rings. The molecule has 1 aliphatic heterocycles. The van der Waals surface area contributed by atoms with Gasteiger partial charge < -0.3 is 19.7 Å². The van der Waals surface area contributed by atoms with Gasteiger partial charge in [0, 0.05) is 47.2 Å². The molecule has 0 atom stereocenters. The Morgan fingerprint density at radius 3 is 1.98 bits per heavy atom. The van der Waals surface area contributed by atoms with Crippen molar-refractivity contribution in [2.75, 3.05) is 18.4 Å². The van der Waals surface area contributed by atoms with Crippen LogP contribution in [0, 0.1) is 0 Å². The third kappa shape index (κ3) is 8.48. The number of nitrogens with zero attached hydrogens (tertiary/aromatic N) is 1. The highest BCUT2D eigenvalue weighted by Gasteiger charge is 2.24. The molecular weight excluding hydrogens is 652 g/mol. The number of aryl methyl sites for hydroxylation is 1. The fraction of sp³-hybridized carbons (Fsp3) is 0.200. The van der Waals surface area contributed by atoms with E-state index in [2.05, 4.69) is 28.2 Å². The predicted molar refractivity (Wildman–Crippen MR) is 190 cm³/mol. The second kappa shape index (κ2) is 15.1. The van der Waals surface area contributed by atoms with Crippen LogP contribution >= 0.6 is 15.9 Å². The Balaban J connectivity index is 0.946. The molecular formula is C40H37BrN2O4. The number of likely N-dealkylation sites (tertiary alicyclic amines) is 1. The summed E-state index contributed by atoms with van der Waals surface area (Å²) in [6, 6.07) is 39.0. The summed E-state index contributed by atoms with van der Waals surface area (Å²) >= 11 is 3.43. The van der Waals surface area contributed by atoms with E-state index in [-0.39, 0.29) is 17.9 Å². The number of carbonyl (C=O) groups is 2. The molecule has 0 aromatic heterocycles. The van der Waals surface area contributed by atoms with Crippen LogP contribution in [0.2, 0.25) is 0 Å². The summed E-state index contributed by atoms with van der Waals surface area (Å²) in [6.45, 7) is 3.95. The van der Waals surface area contributed by atoms with Crippen LogP contribution in [-0.4, -0.2) is 35.9 Å². The molecule has 5 aromatic carbocycles. The van der Waals surface area contributed by atoms with Gasteiger partial charge in [-0.2, -0.15) is 0 Å². The lowest BCUT2D eigenvalue weighted by molar-refractivity contribution is 0.0595. The highest BCUT2D eigenvalue weighted by molar-refractivity contribution is 9.10. The van der Waals surface area contributed by atoms with Gasteiger partial charge in [0.2, 0.25) is 0 Å². The molecule has 0 bridgehead atoms. The molecule has 1 heterocycles. The Kier molecular flexibility index (Phi) is 10.3. The molecule has 0 spiro atoms. The van der Waals surface area contributed by atoms with Gasteiger partial charge in [0.15, 0.2) is 0 Å². The average Bonchev–Trinajstić information content (AvgIpc) is 3.12. The van der Waals surface area contributed by atoms with E-state index in [0.29, 0.717) is 25.3 Å². The molecule has 6 rings (SSSR count). The number of rotatable bonds is 10. The molecule has 7 heteroatoms. The van der Waals surface area contributed by atoms with Gasteiger partial charge in [-0.15, -0.1) is 0 Å². The van der Waals surface area contributed by atoms with Crippen LogP contribution in [0.25, 0.3) is 11.1 Å². The number of carbonyl (C=O) groups excluding carboxylic acids is 2. The molecule has 1 aliphatic rings. The summed E-state index contributed by atoms with van der Waals surface area (Å²) in [6.07, 6.45) is 2.68. The Morgan fingerprint density at radius 2 is 1.34 bits per heavy atom. The van der Waals surface area contributed by atoms with Crippen molar-refractivity contribution < 1.29 is 19.1 Å². The zero-order valence-corrected chi connectivity index (χ0v) is 27.9. The highest BCUT2D eigenvalue weighted by atomic mass is 79.9. The predicted octanol–water partition coefficient (Wildman–Crippen LogP) is 9.19. The van der Waals surface area contributed by atoms with Crippen LogP contribution in [-0.2, 0) is 13.0 Å². The summed E-state index contributed by atoms with van der Waals surface area (Å²) in [4.78, 5) is 27.5. The van der Waals surface area contributed by atoms with E-state index in [9.17, 15) is 9.59 Å². The lowest BCUT2D eigenvalue weighted by atomic mass is 10.0. The van der Waals surface area contributed by atoms with Crippen LogP contribution in [0.1, 0.15) is 51.6 Å². The van der Waals surface area contributed by atoms with E-state index >= 15 is 0 Å². The van der Waals surface area contributed by atoms with Crippen molar-refractivity contribution in [1.82, 2.24) is 4.90 Å². The van der Waals surface area contributed by atoms with Crippen molar-refractivity contribution >= 4 is 33.4 Å². The first-order valence-corrected chi connectivity index (χ1v) is 16.8. The van der Waals surface area contributed by atoms with Gasteiger partial charge in [-0.1, -0.05) is 77.5 Å². The smallest absolute Gasteiger partial charge is 0.255 e. The first-order chi connectivity index (χ1) is 22.9. The van der Waals surface area contributed by atoms with Gasteiger partial charge >= 0.3 is 0 Å². The van der Waals surface area contributed by atoms with E-state index < -0.39 is 0 Å². The van der Waals surface area contributed by atoms with E-state index in [4.69, 9.17) is 9.47 Å². The van der Waals surface area contributed by atoms with Crippen molar-refractivity contribution in [3.05, 3.63) is 148 Å². The standard InChI is InChI=1S/C40H37BrN2O4/c1-2-28-6-10-33(11-7-28)40(45)43-24-22-38(23-25-43)47-37-18-8-29(9-19-37)27-46-36-20-16-31(17-21-36)30-12-14-32(15-13-30)39(44)42-35-5-3-4-34(41)26-35/h3-21,26,38H,2,22-25,27H2,1H3,(H,42,44). The van der Waals surface area contributed by atoms with Crippen LogP contribution in [0.3, 0.4) is 0 Å². The van der Waals surface area contributed by atoms with Crippen LogP contribution < -0.4 is 14.8 Å². The number of amides is 2.